The standard InChI is InChI=1S/C21H24N2O/c1-2-3-12-19-16-18-11-7-8-13-20(18)23(19)21(24)22-15-14-17-9-5-4-6-10-17/h4-11,13,16H,2-3,12,14-15H2,1H3,(H,22,24). The van der Waals surface area contributed by atoms with Crippen LogP contribution in [0.4, 0.5) is 4.79 Å². The number of carbonyl (C=O) groups is 1. The van der Waals surface area contributed by atoms with Crippen LogP contribution in [0.25, 0.3) is 10.9 Å². The zero-order chi connectivity index (χ0) is 16.8. The van der Waals surface area contributed by atoms with Gasteiger partial charge in [-0.2, -0.15) is 0 Å². The van der Waals surface area contributed by atoms with Gasteiger partial charge >= 0.3 is 6.03 Å². The van der Waals surface area contributed by atoms with E-state index in [1.807, 2.05) is 41.0 Å². The number of unbranched alkanes of at least 4 members (excludes halogenated alkanes) is 1. The van der Waals surface area contributed by atoms with Gasteiger partial charge in [-0.15, -0.1) is 0 Å². The minimum atomic E-state index is -0.0294. The molecule has 0 atom stereocenters. The maximum absolute atomic E-state index is 12.7. The van der Waals surface area contributed by atoms with E-state index < -0.39 is 0 Å². The second-order valence-electron chi connectivity index (χ2n) is 6.10. The van der Waals surface area contributed by atoms with Gasteiger partial charge in [-0.25, -0.2) is 4.79 Å². The van der Waals surface area contributed by atoms with E-state index in [0.29, 0.717) is 6.54 Å². The van der Waals surface area contributed by atoms with Gasteiger partial charge in [0.05, 0.1) is 5.52 Å². The summed E-state index contributed by atoms with van der Waals surface area (Å²) in [4.78, 5) is 12.7. The van der Waals surface area contributed by atoms with E-state index in [-0.39, 0.29) is 6.03 Å². The molecule has 124 valence electrons. The minimum absolute atomic E-state index is 0.0294. The monoisotopic (exact) mass is 320 g/mol. The summed E-state index contributed by atoms with van der Waals surface area (Å²) in [5.74, 6) is 0. The van der Waals surface area contributed by atoms with Gasteiger partial charge in [-0.05, 0) is 37.0 Å². The third-order valence-corrected chi connectivity index (χ3v) is 4.31. The van der Waals surface area contributed by atoms with Crippen molar-refractivity contribution in [3.05, 3.63) is 71.9 Å². The van der Waals surface area contributed by atoms with E-state index in [1.165, 1.54) is 5.56 Å². The maximum Gasteiger partial charge on any atom is 0.326 e. The van der Waals surface area contributed by atoms with Crippen LogP contribution in [0.2, 0.25) is 0 Å². The SMILES string of the molecule is CCCCc1cc2ccccc2n1C(=O)NCCc1ccccc1. The second kappa shape index (κ2) is 7.82. The van der Waals surface area contributed by atoms with Gasteiger partial charge in [0, 0.05) is 17.6 Å². The summed E-state index contributed by atoms with van der Waals surface area (Å²) < 4.78 is 1.84. The summed E-state index contributed by atoms with van der Waals surface area (Å²) in [6.07, 6.45) is 3.98. The number of amides is 1. The molecule has 0 unspecified atom stereocenters. The van der Waals surface area contributed by atoms with E-state index in [4.69, 9.17) is 0 Å². The van der Waals surface area contributed by atoms with E-state index in [9.17, 15) is 4.79 Å². The van der Waals surface area contributed by atoms with Gasteiger partial charge in [0.25, 0.3) is 0 Å². The average molecular weight is 320 g/mol. The van der Waals surface area contributed by atoms with Gasteiger partial charge < -0.3 is 5.32 Å². The van der Waals surface area contributed by atoms with Gasteiger partial charge in [-0.3, -0.25) is 4.57 Å². The van der Waals surface area contributed by atoms with Crippen LogP contribution in [0.1, 0.15) is 31.0 Å². The van der Waals surface area contributed by atoms with Gasteiger partial charge in [0.2, 0.25) is 0 Å². The second-order valence-corrected chi connectivity index (χ2v) is 6.10. The zero-order valence-electron chi connectivity index (χ0n) is 14.2. The van der Waals surface area contributed by atoms with Crippen molar-refractivity contribution in [1.82, 2.24) is 9.88 Å². The Morgan fingerprint density at radius 2 is 1.75 bits per heavy atom. The Kier molecular flexibility index (Phi) is 5.32. The number of benzene rings is 2. The Morgan fingerprint density at radius 1 is 1.00 bits per heavy atom. The van der Waals surface area contributed by atoms with Crippen LogP contribution in [-0.2, 0) is 12.8 Å². The number of para-hydroxylation sites is 1. The maximum atomic E-state index is 12.7. The largest absolute Gasteiger partial charge is 0.337 e. The summed E-state index contributed by atoms with van der Waals surface area (Å²) in [7, 11) is 0. The number of aryl methyl sites for hydroxylation is 1. The van der Waals surface area contributed by atoms with Crippen molar-refractivity contribution in [3.8, 4) is 0 Å². The molecule has 0 radical (unpaired) electrons. The highest BCUT2D eigenvalue weighted by Crippen LogP contribution is 2.21. The molecule has 0 aliphatic rings. The molecule has 3 heteroatoms. The van der Waals surface area contributed by atoms with Crippen LogP contribution in [0.3, 0.4) is 0 Å². The number of hydrogen-bond acceptors (Lipinski definition) is 1. The lowest BCUT2D eigenvalue weighted by Gasteiger charge is -2.11. The Balaban J connectivity index is 1.75. The number of carbonyl (C=O) groups excluding carboxylic acids is 1. The molecule has 3 rings (SSSR count). The zero-order valence-corrected chi connectivity index (χ0v) is 14.2. The fourth-order valence-corrected chi connectivity index (χ4v) is 3.03. The lowest BCUT2D eigenvalue weighted by Crippen LogP contribution is -2.31. The average Bonchev–Trinajstić information content (AvgIpc) is 2.99. The van der Waals surface area contributed by atoms with E-state index >= 15 is 0 Å². The predicted octanol–water partition coefficient (Wildman–Crippen LogP) is 4.78. The molecule has 1 amide bonds. The number of nitrogens with zero attached hydrogens (tertiary/aromatic N) is 1. The summed E-state index contributed by atoms with van der Waals surface area (Å²) in [5.41, 5.74) is 3.32. The first-order valence-corrected chi connectivity index (χ1v) is 8.71. The van der Waals surface area contributed by atoms with Gasteiger partial charge in [0.15, 0.2) is 0 Å². The highest BCUT2D eigenvalue weighted by Gasteiger charge is 2.14. The fraction of sp³-hybridized carbons (Fsp3) is 0.286. The van der Waals surface area contributed by atoms with E-state index in [0.717, 1.165) is 42.3 Å². The number of rotatable bonds is 6. The molecular weight excluding hydrogens is 296 g/mol. The molecule has 24 heavy (non-hydrogen) atoms. The highest BCUT2D eigenvalue weighted by molar-refractivity contribution is 5.92. The molecule has 2 aromatic carbocycles. The molecule has 1 aromatic heterocycles. The molecule has 1 N–H and O–H groups in total. The van der Waals surface area contributed by atoms with Crippen LogP contribution in [0.5, 0.6) is 0 Å². The van der Waals surface area contributed by atoms with Gasteiger partial charge in [-0.1, -0.05) is 61.9 Å². The van der Waals surface area contributed by atoms with Crippen molar-refractivity contribution in [2.45, 2.75) is 32.6 Å². The highest BCUT2D eigenvalue weighted by atomic mass is 16.2. The summed E-state index contributed by atoms with van der Waals surface area (Å²) in [6, 6.07) is 20.4. The van der Waals surface area contributed by atoms with Crippen LogP contribution < -0.4 is 5.32 Å². The number of aromatic nitrogens is 1. The van der Waals surface area contributed by atoms with Crippen molar-refractivity contribution in [2.24, 2.45) is 0 Å². The van der Waals surface area contributed by atoms with Crippen LogP contribution >= 0.6 is 0 Å². The third kappa shape index (κ3) is 3.67. The van der Waals surface area contributed by atoms with Crippen LogP contribution in [0.15, 0.2) is 60.7 Å². The molecular formula is C21H24N2O. The first-order valence-electron chi connectivity index (χ1n) is 8.71. The molecule has 0 aliphatic heterocycles. The van der Waals surface area contributed by atoms with E-state index in [2.05, 4.69) is 36.5 Å². The fourth-order valence-electron chi connectivity index (χ4n) is 3.03. The van der Waals surface area contributed by atoms with Crippen molar-refractivity contribution in [2.75, 3.05) is 6.54 Å². The van der Waals surface area contributed by atoms with Crippen molar-refractivity contribution < 1.29 is 4.79 Å². The minimum Gasteiger partial charge on any atom is -0.337 e. The van der Waals surface area contributed by atoms with Gasteiger partial charge in [0.1, 0.15) is 0 Å². The smallest absolute Gasteiger partial charge is 0.326 e. The molecule has 0 saturated heterocycles. The van der Waals surface area contributed by atoms with Crippen molar-refractivity contribution in [3.63, 3.8) is 0 Å². The first-order chi connectivity index (χ1) is 11.8. The normalized spacial score (nSPS) is 10.9. The topological polar surface area (TPSA) is 34.0 Å². The third-order valence-electron chi connectivity index (χ3n) is 4.31. The Hall–Kier alpha value is -2.55. The number of nitrogens with one attached hydrogen (secondary N) is 1. The van der Waals surface area contributed by atoms with Crippen LogP contribution in [0, 0.1) is 0 Å². The molecule has 3 aromatic rings. The Bertz CT molecular complexity index is 805. The predicted molar refractivity (Wildman–Crippen MR) is 99.5 cm³/mol. The molecule has 0 spiro atoms. The van der Waals surface area contributed by atoms with Crippen LogP contribution in [-0.4, -0.2) is 17.1 Å². The number of fused-ring (bicyclic) bond motifs is 1. The lowest BCUT2D eigenvalue weighted by atomic mass is 10.1. The molecule has 0 aliphatic carbocycles. The summed E-state index contributed by atoms with van der Waals surface area (Å²) in [6.45, 7) is 2.81. The molecule has 0 saturated carbocycles. The summed E-state index contributed by atoms with van der Waals surface area (Å²) in [5, 5.41) is 4.19. The number of hydrogen-bond donors (Lipinski definition) is 1. The van der Waals surface area contributed by atoms with Crippen molar-refractivity contribution in [1.29, 1.82) is 0 Å². The molecule has 3 nitrogen and oxygen atoms in total. The Morgan fingerprint density at radius 3 is 2.54 bits per heavy atom. The quantitative estimate of drug-likeness (QED) is 0.696. The lowest BCUT2D eigenvalue weighted by molar-refractivity contribution is 0.242. The van der Waals surface area contributed by atoms with E-state index in [1.54, 1.807) is 0 Å². The summed E-state index contributed by atoms with van der Waals surface area (Å²) >= 11 is 0. The molecule has 1 heterocycles. The molecule has 0 bridgehead atoms. The molecule has 0 fully saturated rings. The van der Waals surface area contributed by atoms with Crippen molar-refractivity contribution >= 4 is 16.9 Å². The first kappa shape index (κ1) is 16.3. The Labute approximate surface area is 143 Å².